The van der Waals surface area contributed by atoms with Crippen molar-refractivity contribution in [2.24, 2.45) is 10.9 Å². The number of nitrogens with zero attached hydrogens (tertiary/aromatic N) is 1. The molecule has 0 radical (unpaired) electrons. The first-order chi connectivity index (χ1) is 9.61. The van der Waals surface area contributed by atoms with Gasteiger partial charge in [-0.15, -0.1) is 0 Å². The van der Waals surface area contributed by atoms with Crippen LogP contribution in [-0.2, 0) is 6.61 Å². The van der Waals surface area contributed by atoms with Gasteiger partial charge in [0.2, 0.25) is 0 Å². The molecule has 2 aromatic rings. The van der Waals surface area contributed by atoms with Crippen molar-refractivity contribution in [3.05, 3.63) is 64.2 Å². The lowest BCUT2D eigenvalue weighted by atomic mass is 10.1. The van der Waals surface area contributed by atoms with Crippen LogP contribution in [0.3, 0.4) is 0 Å². The summed E-state index contributed by atoms with van der Waals surface area (Å²) >= 11 is 6.12. The molecule has 0 saturated heterocycles. The normalized spacial score (nSPS) is 11.4. The molecule has 0 fully saturated rings. The molecule has 0 bridgehead atoms. The van der Waals surface area contributed by atoms with Crippen LogP contribution in [0.5, 0.6) is 5.75 Å². The molecule has 20 heavy (non-hydrogen) atoms. The van der Waals surface area contributed by atoms with Gasteiger partial charge in [-0.25, -0.2) is 0 Å². The van der Waals surface area contributed by atoms with Gasteiger partial charge in [0.25, 0.3) is 0 Å². The van der Waals surface area contributed by atoms with Crippen LogP contribution in [0.2, 0.25) is 5.02 Å². The van der Waals surface area contributed by atoms with Crippen molar-refractivity contribution < 1.29 is 9.94 Å². The second-order valence-corrected chi connectivity index (χ2v) is 4.75. The van der Waals surface area contributed by atoms with Gasteiger partial charge in [0.15, 0.2) is 5.84 Å². The van der Waals surface area contributed by atoms with Gasteiger partial charge in [-0.2, -0.15) is 0 Å². The largest absolute Gasteiger partial charge is 0.487 e. The van der Waals surface area contributed by atoms with Crippen LogP contribution in [0, 0.1) is 6.92 Å². The third kappa shape index (κ3) is 3.22. The number of ether oxygens (including phenoxy) is 1. The number of hydrogen-bond acceptors (Lipinski definition) is 3. The summed E-state index contributed by atoms with van der Waals surface area (Å²) in [5.41, 5.74) is 8.31. The van der Waals surface area contributed by atoms with Gasteiger partial charge in [0, 0.05) is 5.56 Å². The second kappa shape index (κ2) is 6.30. The number of hydrogen-bond donors (Lipinski definition) is 2. The van der Waals surface area contributed by atoms with Gasteiger partial charge in [-0.05, 0) is 36.2 Å². The Balaban J connectivity index is 2.13. The zero-order chi connectivity index (χ0) is 14.5. The number of nitrogens with two attached hydrogens (primary N) is 1. The number of rotatable bonds is 4. The standard InChI is InChI=1S/C15H15ClN2O2/c1-10-4-2-3-5-12(10)9-20-14-7-6-11(8-13(14)16)15(17)18-19/h2-8,19H,9H2,1H3,(H2,17,18). The molecule has 0 spiro atoms. The third-order valence-corrected chi connectivity index (χ3v) is 3.28. The summed E-state index contributed by atoms with van der Waals surface area (Å²) in [6.45, 7) is 2.47. The Morgan fingerprint density at radius 2 is 2.05 bits per heavy atom. The zero-order valence-electron chi connectivity index (χ0n) is 11.0. The van der Waals surface area contributed by atoms with Crippen molar-refractivity contribution in [1.82, 2.24) is 0 Å². The van der Waals surface area contributed by atoms with Crippen LogP contribution in [-0.4, -0.2) is 11.0 Å². The highest BCUT2D eigenvalue weighted by Gasteiger charge is 2.07. The Hall–Kier alpha value is -2.20. The smallest absolute Gasteiger partial charge is 0.170 e. The van der Waals surface area contributed by atoms with Gasteiger partial charge in [0.1, 0.15) is 12.4 Å². The van der Waals surface area contributed by atoms with Crippen LogP contribution in [0.1, 0.15) is 16.7 Å². The highest BCUT2D eigenvalue weighted by molar-refractivity contribution is 6.32. The molecule has 0 unspecified atom stereocenters. The van der Waals surface area contributed by atoms with Gasteiger partial charge in [-0.3, -0.25) is 0 Å². The first-order valence-electron chi connectivity index (χ1n) is 6.06. The molecule has 3 N–H and O–H groups in total. The van der Waals surface area contributed by atoms with E-state index in [1.165, 1.54) is 0 Å². The highest BCUT2D eigenvalue weighted by atomic mass is 35.5. The van der Waals surface area contributed by atoms with Crippen molar-refractivity contribution in [3.63, 3.8) is 0 Å². The van der Waals surface area contributed by atoms with E-state index in [0.717, 1.165) is 11.1 Å². The molecule has 0 atom stereocenters. The van der Waals surface area contributed by atoms with E-state index in [9.17, 15) is 0 Å². The Morgan fingerprint density at radius 3 is 2.70 bits per heavy atom. The molecule has 0 aliphatic carbocycles. The Kier molecular flexibility index (Phi) is 4.48. The lowest BCUT2D eigenvalue weighted by Gasteiger charge is -2.10. The van der Waals surface area contributed by atoms with Gasteiger partial charge >= 0.3 is 0 Å². The molecular weight excluding hydrogens is 276 g/mol. The molecule has 0 heterocycles. The van der Waals surface area contributed by atoms with Gasteiger partial charge in [0.05, 0.1) is 5.02 Å². The lowest BCUT2D eigenvalue weighted by Crippen LogP contribution is -2.12. The molecule has 2 rings (SSSR count). The molecule has 0 aromatic heterocycles. The maximum atomic E-state index is 8.62. The fourth-order valence-corrected chi connectivity index (χ4v) is 2.00. The SMILES string of the molecule is Cc1ccccc1COc1ccc(C(N)=NO)cc1Cl. The van der Waals surface area contributed by atoms with Crippen molar-refractivity contribution in [3.8, 4) is 5.75 Å². The van der Waals surface area contributed by atoms with E-state index >= 15 is 0 Å². The summed E-state index contributed by atoms with van der Waals surface area (Å²) in [6, 6.07) is 13.0. The molecule has 0 saturated carbocycles. The van der Waals surface area contributed by atoms with Crippen LogP contribution >= 0.6 is 11.6 Å². The minimum Gasteiger partial charge on any atom is -0.487 e. The summed E-state index contributed by atoms with van der Waals surface area (Å²) in [6.07, 6.45) is 0. The topological polar surface area (TPSA) is 67.8 Å². The van der Waals surface area contributed by atoms with E-state index in [0.29, 0.717) is 22.9 Å². The van der Waals surface area contributed by atoms with E-state index in [4.69, 9.17) is 27.3 Å². The Morgan fingerprint density at radius 1 is 1.30 bits per heavy atom. The van der Waals surface area contributed by atoms with E-state index in [1.54, 1.807) is 18.2 Å². The fraction of sp³-hybridized carbons (Fsp3) is 0.133. The number of amidine groups is 1. The predicted octanol–water partition coefficient (Wildman–Crippen LogP) is 3.32. The first-order valence-corrected chi connectivity index (χ1v) is 6.44. The average Bonchev–Trinajstić information content (AvgIpc) is 2.46. The van der Waals surface area contributed by atoms with E-state index in [1.807, 2.05) is 31.2 Å². The maximum absolute atomic E-state index is 8.62. The Bertz CT molecular complexity index is 642. The molecule has 5 heteroatoms. The lowest BCUT2D eigenvalue weighted by molar-refractivity contribution is 0.305. The predicted molar refractivity (Wildman–Crippen MR) is 79.5 cm³/mol. The van der Waals surface area contributed by atoms with Crippen molar-refractivity contribution in [1.29, 1.82) is 0 Å². The summed E-state index contributed by atoms with van der Waals surface area (Å²) in [4.78, 5) is 0. The van der Waals surface area contributed by atoms with Crippen LogP contribution in [0.4, 0.5) is 0 Å². The monoisotopic (exact) mass is 290 g/mol. The molecule has 0 aliphatic heterocycles. The van der Waals surface area contributed by atoms with Crippen molar-refractivity contribution in [2.75, 3.05) is 0 Å². The van der Waals surface area contributed by atoms with E-state index < -0.39 is 0 Å². The average molecular weight is 291 g/mol. The summed E-state index contributed by atoms with van der Waals surface area (Å²) < 4.78 is 5.70. The van der Waals surface area contributed by atoms with Crippen LogP contribution in [0.25, 0.3) is 0 Å². The minimum atomic E-state index is 0.0114. The number of benzene rings is 2. The molecule has 104 valence electrons. The highest BCUT2D eigenvalue weighted by Crippen LogP contribution is 2.26. The fourth-order valence-electron chi connectivity index (χ4n) is 1.76. The molecule has 4 nitrogen and oxygen atoms in total. The zero-order valence-corrected chi connectivity index (χ0v) is 11.8. The molecule has 0 aliphatic rings. The van der Waals surface area contributed by atoms with Crippen molar-refractivity contribution in [2.45, 2.75) is 13.5 Å². The summed E-state index contributed by atoms with van der Waals surface area (Å²) in [5.74, 6) is 0.571. The summed E-state index contributed by atoms with van der Waals surface area (Å²) in [5, 5.41) is 12.0. The molecule has 2 aromatic carbocycles. The molecular formula is C15H15ClN2O2. The van der Waals surface area contributed by atoms with Crippen molar-refractivity contribution >= 4 is 17.4 Å². The van der Waals surface area contributed by atoms with Crippen LogP contribution < -0.4 is 10.5 Å². The molecule has 0 amide bonds. The maximum Gasteiger partial charge on any atom is 0.170 e. The van der Waals surface area contributed by atoms with Crippen LogP contribution in [0.15, 0.2) is 47.6 Å². The Labute approximate surface area is 122 Å². The second-order valence-electron chi connectivity index (χ2n) is 4.35. The number of aryl methyl sites for hydroxylation is 1. The summed E-state index contributed by atoms with van der Waals surface area (Å²) in [7, 11) is 0. The van der Waals surface area contributed by atoms with Gasteiger partial charge < -0.3 is 15.7 Å². The minimum absolute atomic E-state index is 0.0114. The first kappa shape index (κ1) is 14.2. The number of halogens is 1. The number of oxime groups is 1. The van der Waals surface area contributed by atoms with E-state index in [2.05, 4.69) is 5.16 Å². The van der Waals surface area contributed by atoms with Gasteiger partial charge in [-0.1, -0.05) is 41.0 Å². The quantitative estimate of drug-likeness (QED) is 0.393. The van der Waals surface area contributed by atoms with E-state index in [-0.39, 0.29) is 5.84 Å². The third-order valence-electron chi connectivity index (χ3n) is 2.98.